The molecule has 96 valence electrons. The van der Waals surface area contributed by atoms with Gasteiger partial charge in [0.05, 0.1) is 12.2 Å². The predicted octanol–water partition coefficient (Wildman–Crippen LogP) is 1.82. The van der Waals surface area contributed by atoms with Crippen molar-refractivity contribution in [2.75, 3.05) is 6.61 Å². The summed E-state index contributed by atoms with van der Waals surface area (Å²) in [7, 11) is 1.79. The van der Waals surface area contributed by atoms with Crippen molar-refractivity contribution in [3.63, 3.8) is 0 Å². The standard InChI is InChI=1S/C11H18BrN3O2/c1-3-17-8-4-7(5-8)6-9(16)10-11(12)13-14-15(10)2/h7-9,16H,3-6H2,1-2H3. The Morgan fingerprint density at radius 3 is 2.82 bits per heavy atom. The van der Waals surface area contributed by atoms with Crippen LogP contribution in [0.15, 0.2) is 4.60 Å². The van der Waals surface area contributed by atoms with Crippen molar-refractivity contribution in [1.82, 2.24) is 15.0 Å². The Morgan fingerprint density at radius 2 is 2.29 bits per heavy atom. The van der Waals surface area contributed by atoms with Crippen LogP contribution in [-0.4, -0.2) is 32.8 Å². The quantitative estimate of drug-likeness (QED) is 0.901. The van der Waals surface area contributed by atoms with E-state index >= 15 is 0 Å². The van der Waals surface area contributed by atoms with E-state index in [0.29, 0.717) is 16.6 Å². The number of aliphatic hydroxyl groups is 1. The van der Waals surface area contributed by atoms with Gasteiger partial charge in [0.1, 0.15) is 5.69 Å². The second-order valence-electron chi connectivity index (χ2n) is 4.56. The fourth-order valence-corrected chi connectivity index (χ4v) is 2.95. The number of ether oxygens (including phenoxy) is 1. The number of halogens is 1. The van der Waals surface area contributed by atoms with E-state index in [-0.39, 0.29) is 0 Å². The van der Waals surface area contributed by atoms with Crippen LogP contribution in [0, 0.1) is 5.92 Å². The van der Waals surface area contributed by atoms with E-state index in [1.807, 2.05) is 6.92 Å². The van der Waals surface area contributed by atoms with Gasteiger partial charge in [0.15, 0.2) is 4.60 Å². The first kappa shape index (κ1) is 13.0. The second kappa shape index (κ2) is 5.46. The summed E-state index contributed by atoms with van der Waals surface area (Å²) >= 11 is 3.31. The third-order valence-corrected chi connectivity index (χ3v) is 3.86. The summed E-state index contributed by atoms with van der Waals surface area (Å²) in [6.07, 6.45) is 2.74. The monoisotopic (exact) mass is 303 g/mol. The highest BCUT2D eigenvalue weighted by atomic mass is 79.9. The van der Waals surface area contributed by atoms with Crippen molar-refractivity contribution in [1.29, 1.82) is 0 Å². The van der Waals surface area contributed by atoms with Crippen LogP contribution in [0.5, 0.6) is 0 Å². The van der Waals surface area contributed by atoms with E-state index in [2.05, 4.69) is 26.2 Å². The van der Waals surface area contributed by atoms with Crippen LogP contribution in [-0.2, 0) is 11.8 Å². The lowest BCUT2D eigenvalue weighted by molar-refractivity contribution is -0.0387. The van der Waals surface area contributed by atoms with Crippen LogP contribution < -0.4 is 0 Å². The first-order valence-electron chi connectivity index (χ1n) is 5.96. The fraction of sp³-hybridized carbons (Fsp3) is 0.818. The van der Waals surface area contributed by atoms with Crippen molar-refractivity contribution in [3.05, 3.63) is 10.3 Å². The predicted molar refractivity (Wildman–Crippen MR) is 66.4 cm³/mol. The number of hydrogen-bond donors (Lipinski definition) is 1. The van der Waals surface area contributed by atoms with Crippen molar-refractivity contribution >= 4 is 15.9 Å². The third-order valence-electron chi connectivity index (χ3n) is 3.29. The maximum atomic E-state index is 10.2. The molecule has 1 unspecified atom stereocenters. The number of aromatic nitrogens is 3. The molecule has 1 heterocycles. The van der Waals surface area contributed by atoms with Crippen LogP contribution in [0.3, 0.4) is 0 Å². The largest absolute Gasteiger partial charge is 0.387 e. The van der Waals surface area contributed by atoms with Crippen molar-refractivity contribution in [2.45, 2.75) is 38.4 Å². The van der Waals surface area contributed by atoms with Crippen LogP contribution >= 0.6 is 15.9 Å². The Labute approximate surface area is 109 Å². The highest BCUT2D eigenvalue weighted by Gasteiger charge is 2.32. The molecule has 1 aromatic heterocycles. The lowest BCUT2D eigenvalue weighted by Crippen LogP contribution is -2.32. The summed E-state index contributed by atoms with van der Waals surface area (Å²) in [4.78, 5) is 0. The number of aliphatic hydroxyl groups excluding tert-OH is 1. The molecular weight excluding hydrogens is 286 g/mol. The zero-order valence-electron chi connectivity index (χ0n) is 10.1. The molecule has 2 rings (SSSR count). The van der Waals surface area contributed by atoms with E-state index < -0.39 is 6.10 Å². The van der Waals surface area contributed by atoms with Crippen LogP contribution in [0.4, 0.5) is 0 Å². The Bertz CT molecular complexity index is 357. The first-order valence-corrected chi connectivity index (χ1v) is 6.75. The van der Waals surface area contributed by atoms with Gasteiger partial charge >= 0.3 is 0 Å². The minimum atomic E-state index is -0.503. The summed E-state index contributed by atoms with van der Waals surface area (Å²) in [6.45, 7) is 2.79. The highest BCUT2D eigenvalue weighted by molar-refractivity contribution is 9.10. The van der Waals surface area contributed by atoms with Crippen molar-refractivity contribution in [2.24, 2.45) is 13.0 Å². The van der Waals surface area contributed by atoms with Gasteiger partial charge in [-0.2, -0.15) is 0 Å². The van der Waals surface area contributed by atoms with Crippen LogP contribution in [0.1, 0.15) is 38.0 Å². The molecule has 0 bridgehead atoms. The molecule has 0 aromatic carbocycles. The molecule has 0 radical (unpaired) electrons. The Hall–Kier alpha value is -0.460. The molecule has 5 nitrogen and oxygen atoms in total. The van der Waals surface area contributed by atoms with Gasteiger partial charge in [0.25, 0.3) is 0 Å². The molecule has 1 atom stereocenters. The maximum absolute atomic E-state index is 10.2. The van der Waals surface area contributed by atoms with Crippen molar-refractivity contribution < 1.29 is 9.84 Å². The smallest absolute Gasteiger partial charge is 0.154 e. The molecule has 1 aliphatic carbocycles. The fourth-order valence-electron chi connectivity index (χ4n) is 2.36. The SMILES string of the molecule is CCOC1CC(CC(O)c2c(Br)nnn2C)C1. The summed E-state index contributed by atoms with van der Waals surface area (Å²) in [5.74, 6) is 0.545. The molecule has 1 aromatic rings. The zero-order valence-corrected chi connectivity index (χ0v) is 11.7. The minimum absolute atomic E-state index is 0.394. The van der Waals surface area contributed by atoms with Gasteiger partial charge in [-0.1, -0.05) is 5.21 Å². The highest BCUT2D eigenvalue weighted by Crippen LogP contribution is 2.37. The summed E-state index contributed by atoms with van der Waals surface area (Å²) < 4.78 is 7.76. The average molecular weight is 304 g/mol. The van der Waals surface area contributed by atoms with E-state index in [9.17, 15) is 5.11 Å². The van der Waals surface area contributed by atoms with Crippen molar-refractivity contribution in [3.8, 4) is 0 Å². The summed E-state index contributed by atoms with van der Waals surface area (Å²) in [5.41, 5.74) is 0.754. The topological polar surface area (TPSA) is 60.2 Å². The number of hydrogen-bond acceptors (Lipinski definition) is 4. The number of rotatable bonds is 5. The van der Waals surface area contributed by atoms with E-state index in [0.717, 1.165) is 31.6 Å². The molecule has 1 N–H and O–H groups in total. The molecule has 0 amide bonds. The van der Waals surface area contributed by atoms with Gasteiger partial charge in [0.2, 0.25) is 0 Å². The molecule has 1 saturated carbocycles. The van der Waals surface area contributed by atoms with E-state index in [4.69, 9.17) is 4.74 Å². The minimum Gasteiger partial charge on any atom is -0.387 e. The molecular formula is C11H18BrN3O2. The Balaban J connectivity index is 1.85. The summed E-state index contributed by atoms with van der Waals surface area (Å²) in [5, 5.41) is 17.9. The molecule has 1 aliphatic rings. The van der Waals surface area contributed by atoms with Gasteiger partial charge in [-0.3, -0.25) is 0 Å². The molecule has 0 spiro atoms. The zero-order chi connectivity index (χ0) is 12.4. The molecule has 1 fully saturated rings. The molecule has 0 aliphatic heterocycles. The number of nitrogens with zero attached hydrogens (tertiary/aromatic N) is 3. The van der Waals surface area contributed by atoms with Gasteiger partial charge in [-0.25, -0.2) is 4.68 Å². The van der Waals surface area contributed by atoms with Gasteiger partial charge in [0, 0.05) is 13.7 Å². The summed E-state index contributed by atoms with van der Waals surface area (Å²) in [6, 6.07) is 0. The normalized spacial score (nSPS) is 25.6. The van der Waals surface area contributed by atoms with Gasteiger partial charge in [-0.15, -0.1) is 5.10 Å². The lowest BCUT2D eigenvalue weighted by atomic mass is 9.78. The Morgan fingerprint density at radius 1 is 1.59 bits per heavy atom. The van der Waals surface area contributed by atoms with E-state index in [1.165, 1.54) is 0 Å². The Kier molecular flexibility index (Phi) is 4.17. The lowest BCUT2D eigenvalue weighted by Gasteiger charge is -2.36. The number of aryl methyl sites for hydroxylation is 1. The van der Waals surface area contributed by atoms with Gasteiger partial charge in [-0.05, 0) is 48.0 Å². The maximum Gasteiger partial charge on any atom is 0.154 e. The van der Waals surface area contributed by atoms with Crippen LogP contribution in [0.25, 0.3) is 0 Å². The second-order valence-corrected chi connectivity index (χ2v) is 5.31. The first-order chi connectivity index (χ1) is 8.11. The molecule has 0 saturated heterocycles. The third kappa shape index (κ3) is 2.86. The molecule has 6 heteroatoms. The molecule has 17 heavy (non-hydrogen) atoms. The van der Waals surface area contributed by atoms with E-state index in [1.54, 1.807) is 11.7 Å². The van der Waals surface area contributed by atoms with Crippen LogP contribution in [0.2, 0.25) is 0 Å². The average Bonchev–Trinajstić information content (AvgIpc) is 2.55. The van der Waals surface area contributed by atoms with Gasteiger partial charge < -0.3 is 9.84 Å².